The van der Waals surface area contributed by atoms with Crippen LogP contribution >= 0.6 is 11.8 Å². The van der Waals surface area contributed by atoms with Crippen LogP contribution in [-0.2, 0) is 0 Å². The minimum Gasteiger partial charge on any atom is -0.364 e. The van der Waals surface area contributed by atoms with E-state index in [2.05, 4.69) is 4.98 Å². The van der Waals surface area contributed by atoms with Gasteiger partial charge in [0.15, 0.2) is 0 Å². The van der Waals surface area contributed by atoms with Gasteiger partial charge in [-0.3, -0.25) is 9.78 Å². The molecule has 1 aromatic heterocycles. The fourth-order valence-electron chi connectivity index (χ4n) is 1.72. The molecule has 0 bridgehead atoms. The quantitative estimate of drug-likeness (QED) is 0.883. The summed E-state index contributed by atoms with van der Waals surface area (Å²) in [5, 5.41) is 0. The van der Waals surface area contributed by atoms with Gasteiger partial charge in [-0.2, -0.15) is 13.2 Å². The number of alkyl halides is 3. The van der Waals surface area contributed by atoms with Crippen molar-refractivity contribution in [3.05, 3.63) is 48.3 Å². The van der Waals surface area contributed by atoms with Gasteiger partial charge in [0, 0.05) is 16.7 Å². The molecule has 104 valence electrons. The van der Waals surface area contributed by atoms with E-state index in [4.69, 9.17) is 5.73 Å². The zero-order chi connectivity index (χ0) is 14.8. The van der Waals surface area contributed by atoms with Crippen LogP contribution in [0.3, 0.4) is 0 Å². The molecule has 0 aliphatic carbocycles. The maximum absolute atomic E-state index is 12.6. The number of nitrogens with zero attached hydrogens (tertiary/aromatic N) is 1. The summed E-state index contributed by atoms with van der Waals surface area (Å²) in [5.74, 6) is -0.867. The fraction of sp³-hybridized carbons (Fsp3) is 0.0769. The van der Waals surface area contributed by atoms with Gasteiger partial charge < -0.3 is 5.73 Å². The Hall–Kier alpha value is -2.02. The van der Waals surface area contributed by atoms with Crippen LogP contribution in [0.25, 0.3) is 11.1 Å². The van der Waals surface area contributed by atoms with Crippen molar-refractivity contribution in [3.8, 4) is 11.1 Å². The Kier molecular flexibility index (Phi) is 3.99. The summed E-state index contributed by atoms with van der Waals surface area (Å²) in [6, 6.07) is 9.46. The molecule has 0 aliphatic heterocycles. The molecule has 1 aromatic carbocycles. The summed E-state index contributed by atoms with van der Waals surface area (Å²) in [6.07, 6.45) is 1.14. The predicted octanol–water partition coefficient (Wildman–Crippen LogP) is 3.46. The molecule has 2 rings (SSSR count). The maximum Gasteiger partial charge on any atom is 0.446 e. The molecule has 0 unspecified atom stereocenters. The van der Waals surface area contributed by atoms with Crippen LogP contribution in [0.4, 0.5) is 13.2 Å². The van der Waals surface area contributed by atoms with Crippen LogP contribution in [0.15, 0.2) is 47.5 Å². The molecule has 1 amide bonds. The lowest BCUT2D eigenvalue weighted by atomic mass is 10.0. The first-order valence-electron chi connectivity index (χ1n) is 5.48. The zero-order valence-corrected chi connectivity index (χ0v) is 10.8. The lowest BCUT2D eigenvalue weighted by Gasteiger charge is -2.13. The fourth-order valence-corrected chi connectivity index (χ4v) is 2.42. The number of benzene rings is 1. The second kappa shape index (κ2) is 5.54. The molecule has 0 spiro atoms. The number of carbonyl (C=O) groups is 1. The second-order valence-electron chi connectivity index (χ2n) is 3.81. The van der Waals surface area contributed by atoms with Gasteiger partial charge >= 0.3 is 5.51 Å². The van der Waals surface area contributed by atoms with E-state index in [9.17, 15) is 18.0 Å². The summed E-state index contributed by atoms with van der Waals surface area (Å²) in [6.45, 7) is 0. The third-order valence-electron chi connectivity index (χ3n) is 2.43. The Morgan fingerprint density at radius 3 is 2.35 bits per heavy atom. The van der Waals surface area contributed by atoms with Crippen molar-refractivity contribution in [1.29, 1.82) is 0 Å². The highest BCUT2D eigenvalue weighted by Gasteiger charge is 2.31. The SMILES string of the molecule is NC(=O)c1nccc(SC(F)(F)F)c1-c1ccccc1. The lowest BCUT2D eigenvalue weighted by molar-refractivity contribution is -0.0328. The summed E-state index contributed by atoms with van der Waals surface area (Å²) < 4.78 is 37.8. The van der Waals surface area contributed by atoms with Crippen molar-refractivity contribution in [2.45, 2.75) is 10.4 Å². The van der Waals surface area contributed by atoms with Gasteiger partial charge in [0.05, 0.1) is 0 Å². The van der Waals surface area contributed by atoms with E-state index in [0.29, 0.717) is 5.56 Å². The first kappa shape index (κ1) is 14.4. The van der Waals surface area contributed by atoms with Gasteiger partial charge in [0.2, 0.25) is 0 Å². The van der Waals surface area contributed by atoms with Crippen LogP contribution in [0, 0.1) is 0 Å². The first-order valence-corrected chi connectivity index (χ1v) is 6.30. The Bertz CT molecular complexity index is 629. The van der Waals surface area contributed by atoms with Gasteiger partial charge in [0.1, 0.15) is 5.69 Å². The van der Waals surface area contributed by atoms with E-state index in [-0.39, 0.29) is 27.9 Å². The van der Waals surface area contributed by atoms with Gasteiger partial charge in [-0.25, -0.2) is 0 Å². The van der Waals surface area contributed by atoms with Gasteiger partial charge in [-0.15, -0.1) is 0 Å². The number of nitrogens with two attached hydrogens (primary N) is 1. The molecule has 0 radical (unpaired) electrons. The number of hydrogen-bond donors (Lipinski definition) is 1. The Labute approximate surface area is 117 Å². The van der Waals surface area contributed by atoms with Gasteiger partial charge in [-0.05, 0) is 23.4 Å². The molecule has 20 heavy (non-hydrogen) atoms. The average Bonchev–Trinajstić information content (AvgIpc) is 2.37. The number of aromatic nitrogens is 1. The van der Waals surface area contributed by atoms with E-state index >= 15 is 0 Å². The van der Waals surface area contributed by atoms with Crippen molar-refractivity contribution in [1.82, 2.24) is 4.98 Å². The number of pyridine rings is 1. The highest BCUT2D eigenvalue weighted by Crippen LogP contribution is 2.42. The number of primary amides is 1. The summed E-state index contributed by atoms with van der Waals surface area (Å²) >= 11 is -0.294. The summed E-state index contributed by atoms with van der Waals surface area (Å²) in [5.41, 5.74) is 1.12. The Balaban J connectivity index is 2.64. The largest absolute Gasteiger partial charge is 0.446 e. The normalized spacial score (nSPS) is 11.3. The zero-order valence-electron chi connectivity index (χ0n) is 10.0. The molecule has 1 heterocycles. The van der Waals surface area contributed by atoms with Gasteiger partial charge in [-0.1, -0.05) is 30.3 Å². The molecule has 0 saturated carbocycles. The molecule has 0 atom stereocenters. The van der Waals surface area contributed by atoms with Crippen LogP contribution in [-0.4, -0.2) is 16.4 Å². The van der Waals surface area contributed by atoms with Crippen LogP contribution < -0.4 is 5.73 Å². The van der Waals surface area contributed by atoms with E-state index in [1.54, 1.807) is 30.3 Å². The Morgan fingerprint density at radius 2 is 1.80 bits per heavy atom. The number of rotatable bonds is 3. The van der Waals surface area contributed by atoms with Crippen molar-refractivity contribution in [2.24, 2.45) is 5.73 Å². The minimum absolute atomic E-state index is 0.0999. The summed E-state index contributed by atoms with van der Waals surface area (Å²) in [7, 11) is 0. The van der Waals surface area contributed by atoms with E-state index in [1.165, 1.54) is 6.07 Å². The topological polar surface area (TPSA) is 56.0 Å². The molecule has 0 saturated heterocycles. The van der Waals surface area contributed by atoms with E-state index in [0.717, 1.165) is 6.20 Å². The average molecular weight is 298 g/mol. The van der Waals surface area contributed by atoms with E-state index < -0.39 is 11.4 Å². The van der Waals surface area contributed by atoms with Crippen molar-refractivity contribution in [2.75, 3.05) is 0 Å². The van der Waals surface area contributed by atoms with Crippen LogP contribution in [0.5, 0.6) is 0 Å². The number of amides is 1. The molecule has 2 aromatic rings. The maximum atomic E-state index is 12.6. The first-order chi connectivity index (χ1) is 9.38. The van der Waals surface area contributed by atoms with Crippen LogP contribution in [0.1, 0.15) is 10.5 Å². The number of carbonyl (C=O) groups excluding carboxylic acids is 1. The van der Waals surface area contributed by atoms with Gasteiger partial charge in [0.25, 0.3) is 5.91 Å². The monoisotopic (exact) mass is 298 g/mol. The molecular weight excluding hydrogens is 289 g/mol. The van der Waals surface area contributed by atoms with Crippen LogP contribution in [0.2, 0.25) is 0 Å². The Morgan fingerprint density at radius 1 is 1.15 bits per heavy atom. The molecule has 3 nitrogen and oxygen atoms in total. The highest BCUT2D eigenvalue weighted by atomic mass is 32.2. The number of thioether (sulfide) groups is 1. The molecule has 0 fully saturated rings. The third kappa shape index (κ3) is 3.30. The minimum atomic E-state index is -4.46. The molecule has 0 aliphatic rings. The number of hydrogen-bond acceptors (Lipinski definition) is 3. The molecule has 2 N–H and O–H groups in total. The molecule has 7 heteroatoms. The smallest absolute Gasteiger partial charge is 0.364 e. The van der Waals surface area contributed by atoms with Crippen molar-refractivity contribution < 1.29 is 18.0 Å². The lowest BCUT2D eigenvalue weighted by Crippen LogP contribution is -2.15. The molecular formula is C13H9F3N2OS. The predicted molar refractivity (Wildman–Crippen MR) is 70.1 cm³/mol. The third-order valence-corrected chi connectivity index (χ3v) is 3.23. The highest BCUT2D eigenvalue weighted by molar-refractivity contribution is 8.00. The second-order valence-corrected chi connectivity index (χ2v) is 4.92. The standard InChI is InChI=1S/C13H9F3N2OS/c14-13(15,16)20-9-6-7-18-11(12(17)19)10(9)8-4-2-1-3-5-8/h1-7H,(H2,17,19). The van der Waals surface area contributed by atoms with Crippen molar-refractivity contribution >= 4 is 17.7 Å². The van der Waals surface area contributed by atoms with E-state index in [1.807, 2.05) is 0 Å². The summed E-state index contributed by atoms with van der Waals surface area (Å²) in [4.78, 5) is 15.1. The van der Waals surface area contributed by atoms with Crippen molar-refractivity contribution in [3.63, 3.8) is 0 Å². The number of halogens is 3.